The maximum Gasteiger partial charge on any atom is 0.269 e. The number of halogens is 1. The Bertz CT molecular complexity index is 712. The normalized spacial score (nSPS) is 10.9. The zero-order chi connectivity index (χ0) is 17.0. The molecule has 0 aliphatic heterocycles. The quantitative estimate of drug-likeness (QED) is 0.625. The van der Waals surface area contributed by atoms with Crippen LogP contribution < -0.4 is 10.1 Å². The highest BCUT2D eigenvalue weighted by molar-refractivity contribution is 9.10. The molecule has 0 atom stereocenters. The van der Waals surface area contributed by atoms with E-state index in [9.17, 15) is 14.9 Å². The van der Waals surface area contributed by atoms with Crippen LogP contribution in [0, 0.1) is 10.1 Å². The number of nitro groups is 1. The van der Waals surface area contributed by atoms with Crippen LogP contribution in [0.1, 0.15) is 13.8 Å². The van der Waals surface area contributed by atoms with E-state index in [0.717, 1.165) is 4.47 Å². The van der Waals surface area contributed by atoms with Gasteiger partial charge in [-0.3, -0.25) is 14.9 Å². The number of amides is 1. The fourth-order valence-corrected chi connectivity index (χ4v) is 2.06. The molecular weight excluding hydrogens is 364 g/mol. The SMILES string of the molecule is CC(C)(Oc1ccc(Br)cc1)C(=O)Nc1ccc([N+](=O)[O-])cc1. The summed E-state index contributed by atoms with van der Waals surface area (Å²) in [6, 6.07) is 12.8. The number of nitrogens with zero attached hydrogens (tertiary/aromatic N) is 1. The van der Waals surface area contributed by atoms with Crippen molar-refractivity contribution in [2.45, 2.75) is 19.4 Å². The van der Waals surface area contributed by atoms with Gasteiger partial charge in [0.05, 0.1) is 4.92 Å². The Labute approximate surface area is 141 Å². The highest BCUT2D eigenvalue weighted by Gasteiger charge is 2.30. The highest BCUT2D eigenvalue weighted by Crippen LogP contribution is 2.23. The first-order chi connectivity index (χ1) is 10.8. The lowest BCUT2D eigenvalue weighted by atomic mass is 10.1. The van der Waals surface area contributed by atoms with Crippen molar-refractivity contribution < 1.29 is 14.5 Å². The Morgan fingerprint density at radius 2 is 1.70 bits per heavy atom. The van der Waals surface area contributed by atoms with Crippen LogP contribution in [0.25, 0.3) is 0 Å². The van der Waals surface area contributed by atoms with Gasteiger partial charge >= 0.3 is 0 Å². The van der Waals surface area contributed by atoms with Gasteiger partial charge < -0.3 is 10.1 Å². The number of non-ortho nitro benzene ring substituents is 1. The monoisotopic (exact) mass is 378 g/mol. The molecule has 2 aromatic rings. The summed E-state index contributed by atoms with van der Waals surface area (Å²) in [4.78, 5) is 22.5. The van der Waals surface area contributed by atoms with Gasteiger partial charge in [-0.05, 0) is 50.2 Å². The van der Waals surface area contributed by atoms with Gasteiger partial charge in [-0.15, -0.1) is 0 Å². The molecule has 0 spiro atoms. The van der Waals surface area contributed by atoms with E-state index in [2.05, 4.69) is 21.2 Å². The van der Waals surface area contributed by atoms with Crippen LogP contribution in [-0.4, -0.2) is 16.4 Å². The first-order valence-electron chi connectivity index (χ1n) is 6.78. The minimum Gasteiger partial charge on any atom is -0.478 e. The summed E-state index contributed by atoms with van der Waals surface area (Å²) in [5.41, 5.74) is -0.670. The van der Waals surface area contributed by atoms with Crippen molar-refractivity contribution in [3.8, 4) is 5.75 Å². The average molecular weight is 379 g/mol. The van der Waals surface area contributed by atoms with Crippen molar-refractivity contribution in [3.05, 3.63) is 63.1 Å². The van der Waals surface area contributed by atoms with Crippen LogP contribution >= 0.6 is 15.9 Å². The van der Waals surface area contributed by atoms with Crippen LogP contribution in [0.4, 0.5) is 11.4 Å². The Kier molecular flexibility index (Phi) is 5.00. The van der Waals surface area contributed by atoms with Crippen LogP contribution in [-0.2, 0) is 4.79 Å². The third-order valence-corrected chi connectivity index (χ3v) is 3.60. The van der Waals surface area contributed by atoms with Gasteiger partial charge in [-0.1, -0.05) is 15.9 Å². The Morgan fingerprint density at radius 3 is 2.22 bits per heavy atom. The molecule has 0 fully saturated rings. The molecule has 120 valence electrons. The Morgan fingerprint density at radius 1 is 1.13 bits per heavy atom. The van der Waals surface area contributed by atoms with Crippen LogP contribution in [0.5, 0.6) is 5.75 Å². The second-order valence-corrected chi connectivity index (χ2v) is 6.24. The van der Waals surface area contributed by atoms with E-state index in [1.807, 2.05) is 12.1 Å². The zero-order valence-electron chi connectivity index (χ0n) is 12.6. The number of ether oxygens (including phenoxy) is 1. The number of carbonyl (C=O) groups is 1. The number of hydrogen-bond acceptors (Lipinski definition) is 4. The van der Waals surface area contributed by atoms with E-state index in [4.69, 9.17) is 4.74 Å². The number of anilines is 1. The van der Waals surface area contributed by atoms with Crippen LogP contribution in [0.3, 0.4) is 0 Å². The molecule has 0 saturated heterocycles. The molecule has 23 heavy (non-hydrogen) atoms. The first-order valence-corrected chi connectivity index (χ1v) is 7.58. The zero-order valence-corrected chi connectivity index (χ0v) is 14.2. The molecular formula is C16H15BrN2O4. The first kappa shape index (κ1) is 17.0. The summed E-state index contributed by atoms with van der Waals surface area (Å²) in [7, 11) is 0. The van der Waals surface area contributed by atoms with Gasteiger partial charge in [0, 0.05) is 22.3 Å². The minimum absolute atomic E-state index is 0.0339. The molecule has 0 aliphatic carbocycles. The van der Waals surface area contributed by atoms with Gasteiger partial charge in [0.2, 0.25) is 0 Å². The van der Waals surface area contributed by atoms with E-state index in [1.165, 1.54) is 24.3 Å². The third-order valence-electron chi connectivity index (χ3n) is 3.07. The Balaban J connectivity index is 2.05. The average Bonchev–Trinajstić information content (AvgIpc) is 2.50. The smallest absolute Gasteiger partial charge is 0.269 e. The van der Waals surface area contributed by atoms with Crippen molar-refractivity contribution >= 4 is 33.2 Å². The molecule has 2 aromatic carbocycles. The van der Waals surface area contributed by atoms with Crippen molar-refractivity contribution in [1.29, 1.82) is 0 Å². The van der Waals surface area contributed by atoms with Crippen molar-refractivity contribution in [2.75, 3.05) is 5.32 Å². The lowest BCUT2D eigenvalue weighted by Gasteiger charge is -2.25. The maximum absolute atomic E-state index is 12.3. The lowest BCUT2D eigenvalue weighted by molar-refractivity contribution is -0.384. The number of rotatable bonds is 5. The van der Waals surface area contributed by atoms with Crippen molar-refractivity contribution in [1.82, 2.24) is 0 Å². The molecule has 1 amide bonds. The largest absolute Gasteiger partial charge is 0.478 e. The molecule has 0 bridgehead atoms. The molecule has 1 N–H and O–H groups in total. The molecule has 2 rings (SSSR count). The van der Waals surface area contributed by atoms with Crippen LogP contribution in [0.15, 0.2) is 53.0 Å². The van der Waals surface area contributed by atoms with E-state index < -0.39 is 10.5 Å². The number of nitrogens with one attached hydrogen (secondary N) is 1. The molecule has 0 heterocycles. The summed E-state index contributed by atoms with van der Waals surface area (Å²) < 4.78 is 6.63. The van der Waals surface area contributed by atoms with Crippen molar-refractivity contribution in [2.24, 2.45) is 0 Å². The summed E-state index contributed by atoms with van der Waals surface area (Å²) in [5.74, 6) is 0.214. The third kappa shape index (κ3) is 4.53. The molecule has 0 saturated carbocycles. The number of carbonyl (C=O) groups excluding carboxylic acids is 1. The topological polar surface area (TPSA) is 81.5 Å². The number of benzene rings is 2. The molecule has 6 nitrogen and oxygen atoms in total. The standard InChI is InChI=1S/C16H15BrN2O4/c1-16(2,23-14-9-3-11(17)4-10-14)15(20)18-12-5-7-13(8-6-12)19(21)22/h3-10H,1-2H3,(H,18,20). The minimum atomic E-state index is -1.10. The fraction of sp³-hybridized carbons (Fsp3) is 0.188. The molecule has 0 radical (unpaired) electrons. The molecule has 0 aliphatic rings. The molecule has 0 aromatic heterocycles. The highest BCUT2D eigenvalue weighted by atomic mass is 79.9. The fourth-order valence-electron chi connectivity index (χ4n) is 1.79. The predicted octanol–water partition coefficient (Wildman–Crippen LogP) is 4.15. The van der Waals surface area contributed by atoms with Gasteiger partial charge in [0.1, 0.15) is 5.75 Å². The van der Waals surface area contributed by atoms with Crippen molar-refractivity contribution in [3.63, 3.8) is 0 Å². The maximum atomic E-state index is 12.3. The van der Waals surface area contributed by atoms with Gasteiger partial charge in [-0.2, -0.15) is 0 Å². The molecule has 7 heteroatoms. The lowest BCUT2D eigenvalue weighted by Crippen LogP contribution is -2.42. The van der Waals surface area contributed by atoms with Gasteiger partial charge in [0.25, 0.3) is 11.6 Å². The number of nitro benzene ring substituents is 1. The van der Waals surface area contributed by atoms with E-state index in [0.29, 0.717) is 11.4 Å². The summed E-state index contributed by atoms with van der Waals surface area (Å²) in [6.45, 7) is 3.30. The predicted molar refractivity (Wildman–Crippen MR) is 90.6 cm³/mol. The van der Waals surface area contributed by atoms with E-state index >= 15 is 0 Å². The van der Waals surface area contributed by atoms with Gasteiger partial charge in [-0.25, -0.2) is 0 Å². The Hall–Kier alpha value is -2.41. The summed E-state index contributed by atoms with van der Waals surface area (Å²) >= 11 is 3.33. The van der Waals surface area contributed by atoms with Gasteiger partial charge in [0.15, 0.2) is 5.60 Å². The molecule has 0 unspecified atom stereocenters. The summed E-state index contributed by atoms with van der Waals surface area (Å²) in [6.07, 6.45) is 0. The second kappa shape index (κ2) is 6.78. The second-order valence-electron chi connectivity index (χ2n) is 5.32. The van der Waals surface area contributed by atoms with E-state index in [1.54, 1.807) is 26.0 Å². The summed E-state index contributed by atoms with van der Waals surface area (Å²) in [5, 5.41) is 13.3. The number of hydrogen-bond donors (Lipinski definition) is 1. The van der Waals surface area contributed by atoms with E-state index in [-0.39, 0.29) is 11.6 Å². The van der Waals surface area contributed by atoms with Crippen LogP contribution in [0.2, 0.25) is 0 Å².